The summed E-state index contributed by atoms with van der Waals surface area (Å²) in [6.07, 6.45) is 10.1. The third kappa shape index (κ3) is 6.64. The highest BCUT2D eigenvalue weighted by Crippen LogP contribution is 2.24. The summed E-state index contributed by atoms with van der Waals surface area (Å²) in [5.74, 6) is 2.70. The summed E-state index contributed by atoms with van der Waals surface area (Å²) in [6, 6.07) is 2.11. The van der Waals surface area contributed by atoms with Crippen molar-refractivity contribution in [3.8, 4) is 0 Å². The van der Waals surface area contributed by atoms with Crippen molar-refractivity contribution in [3.63, 3.8) is 0 Å². The second-order valence-corrected chi connectivity index (χ2v) is 6.32. The number of rotatable bonds is 10. The molecule has 0 bridgehead atoms. The van der Waals surface area contributed by atoms with E-state index in [9.17, 15) is 4.79 Å². The zero-order chi connectivity index (χ0) is 17.2. The number of hydrogen-bond acceptors (Lipinski definition) is 3. The largest absolute Gasteiger partial charge is 0.469 e. The molecule has 0 spiro atoms. The molecule has 3 heteroatoms. The Morgan fingerprint density at radius 2 is 2.09 bits per heavy atom. The quantitative estimate of drug-likeness (QED) is 0.444. The highest BCUT2D eigenvalue weighted by Gasteiger charge is 2.17. The Bertz CT molecular complexity index is 499. The van der Waals surface area contributed by atoms with Gasteiger partial charge in [-0.15, -0.1) is 0 Å². The van der Waals surface area contributed by atoms with Crippen molar-refractivity contribution < 1.29 is 13.9 Å². The number of esters is 1. The summed E-state index contributed by atoms with van der Waals surface area (Å²) in [4.78, 5) is 11.5. The molecule has 0 saturated heterocycles. The van der Waals surface area contributed by atoms with E-state index in [1.54, 1.807) is 0 Å². The highest BCUT2D eigenvalue weighted by atomic mass is 16.5. The first kappa shape index (κ1) is 19.5. The van der Waals surface area contributed by atoms with Crippen molar-refractivity contribution in [3.05, 3.63) is 35.3 Å². The molecule has 0 fully saturated rings. The van der Waals surface area contributed by atoms with E-state index >= 15 is 0 Å². The third-order valence-electron chi connectivity index (χ3n) is 4.28. The molecule has 2 atom stereocenters. The van der Waals surface area contributed by atoms with Crippen LogP contribution in [0.3, 0.4) is 0 Å². The van der Waals surface area contributed by atoms with Gasteiger partial charge in [0.2, 0.25) is 0 Å². The van der Waals surface area contributed by atoms with Crippen molar-refractivity contribution in [2.75, 3.05) is 7.11 Å². The molecule has 0 aromatic carbocycles. The maximum atomic E-state index is 11.5. The van der Waals surface area contributed by atoms with Crippen LogP contribution in [0.4, 0.5) is 0 Å². The second kappa shape index (κ2) is 10.3. The Morgan fingerprint density at radius 1 is 1.35 bits per heavy atom. The molecule has 0 N–H and O–H groups in total. The van der Waals surface area contributed by atoms with Gasteiger partial charge in [-0.1, -0.05) is 39.8 Å². The summed E-state index contributed by atoms with van der Waals surface area (Å²) < 4.78 is 10.7. The molecule has 0 aliphatic rings. The second-order valence-electron chi connectivity index (χ2n) is 6.32. The minimum absolute atomic E-state index is 0.227. The highest BCUT2D eigenvalue weighted by molar-refractivity contribution is 5.72. The number of carbonyl (C=O) groups is 1. The summed E-state index contributed by atoms with van der Waals surface area (Å²) in [7, 11) is 1.41. The van der Waals surface area contributed by atoms with E-state index in [1.165, 1.54) is 20.0 Å². The van der Waals surface area contributed by atoms with Crippen molar-refractivity contribution in [2.24, 2.45) is 11.8 Å². The van der Waals surface area contributed by atoms with Gasteiger partial charge in [-0.05, 0) is 49.1 Å². The van der Waals surface area contributed by atoms with Crippen LogP contribution >= 0.6 is 0 Å². The van der Waals surface area contributed by atoms with E-state index in [0.717, 1.165) is 36.3 Å². The van der Waals surface area contributed by atoms with Crippen LogP contribution < -0.4 is 0 Å². The molecule has 0 amide bonds. The smallest absolute Gasteiger partial charge is 0.313 e. The fourth-order valence-electron chi connectivity index (χ4n) is 2.93. The molecule has 0 saturated carbocycles. The minimum Gasteiger partial charge on any atom is -0.469 e. The van der Waals surface area contributed by atoms with E-state index in [1.807, 2.05) is 0 Å². The Morgan fingerprint density at radius 3 is 2.65 bits per heavy atom. The maximum Gasteiger partial charge on any atom is 0.313 e. The normalized spacial score (nSPS) is 14.1. The fourth-order valence-corrected chi connectivity index (χ4v) is 2.93. The molecule has 1 heterocycles. The van der Waals surface area contributed by atoms with E-state index in [-0.39, 0.29) is 12.4 Å². The molecule has 1 aromatic heterocycles. The Kier molecular flexibility index (Phi) is 8.75. The summed E-state index contributed by atoms with van der Waals surface area (Å²) in [5.41, 5.74) is 1.12. The monoisotopic (exact) mass is 320 g/mol. The average Bonchev–Trinajstić information content (AvgIpc) is 2.92. The van der Waals surface area contributed by atoms with Crippen LogP contribution in [0.2, 0.25) is 0 Å². The van der Waals surface area contributed by atoms with Gasteiger partial charge in [0.05, 0.1) is 7.11 Å². The topological polar surface area (TPSA) is 39.4 Å². The molecule has 23 heavy (non-hydrogen) atoms. The lowest BCUT2D eigenvalue weighted by molar-refractivity contribution is -0.140. The van der Waals surface area contributed by atoms with Crippen LogP contribution in [-0.4, -0.2) is 13.1 Å². The predicted molar refractivity (Wildman–Crippen MR) is 94.5 cm³/mol. The van der Waals surface area contributed by atoms with Gasteiger partial charge in [0.15, 0.2) is 0 Å². The standard InChI is InChI=1S/C20H32O3/c1-6-9-10-16(7-2)11-15(4)12-18-13-17(8-3)19(23-18)14-20(21)22-5/h9-10,13,15-16H,6-8,11-12,14H2,1-5H3/b10-9+. The summed E-state index contributed by atoms with van der Waals surface area (Å²) >= 11 is 0. The first-order valence-electron chi connectivity index (χ1n) is 8.87. The lowest BCUT2D eigenvalue weighted by atomic mass is 9.90. The Hall–Kier alpha value is -1.51. The van der Waals surface area contributed by atoms with Crippen LogP contribution in [0.1, 0.15) is 64.0 Å². The van der Waals surface area contributed by atoms with Crippen molar-refractivity contribution >= 4 is 5.97 Å². The molecule has 3 nitrogen and oxygen atoms in total. The van der Waals surface area contributed by atoms with E-state index < -0.39 is 0 Å². The van der Waals surface area contributed by atoms with Gasteiger partial charge in [0.25, 0.3) is 0 Å². The third-order valence-corrected chi connectivity index (χ3v) is 4.28. The molecule has 0 aliphatic carbocycles. The molecular weight excluding hydrogens is 288 g/mol. The van der Waals surface area contributed by atoms with Gasteiger partial charge in [-0.25, -0.2) is 0 Å². The number of hydrogen-bond donors (Lipinski definition) is 0. The van der Waals surface area contributed by atoms with Crippen LogP contribution in [0.25, 0.3) is 0 Å². The zero-order valence-corrected chi connectivity index (χ0v) is 15.4. The lowest BCUT2D eigenvalue weighted by Crippen LogP contribution is -2.06. The molecule has 1 rings (SSSR count). The number of carbonyl (C=O) groups excluding carboxylic acids is 1. The van der Waals surface area contributed by atoms with Crippen molar-refractivity contribution in [2.45, 2.75) is 66.2 Å². The van der Waals surface area contributed by atoms with E-state index in [4.69, 9.17) is 9.15 Å². The molecule has 1 aromatic rings. The maximum absolute atomic E-state index is 11.5. The first-order valence-corrected chi connectivity index (χ1v) is 8.87. The lowest BCUT2D eigenvalue weighted by Gasteiger charge is -2.15. The molecule has 130 valence electrons. The number of methoxy groups -OCH3 is 1. The van der Waals surface area contributed by atoms with Crippen LogP contribution in [0, 0.1) is 11.8 Å². The number of furan rings is 1. The summed E-state index contributed by atoms with van der Waals surface area (Å²) in [5, 5.41) is 0. The van der Waals surface area contributed by atoms with Gasteiger partial charge >= 0.3 is 5.97 Å². The van der Waals surface area contributed by atoms with Crippen molar-refractivity contribution in [1.82, 2.24) is 0 Å². The van der Waals surface area contributed by atoms with Gasteiger partial charge < -0.3 is 9.15 Å². The molecule has 0 radical (unpaired) electrons. The van der Waals surface area contributed by atoms with Crippen LogP contribution in [0.5, 0.6) is 0 Å². The molecule has 2 unspecified atom stereocenters. The number of aryl methyl sites for hydroxylation is 1. The Labute approximate surface area is 141 Å². The van der Waals surface area contributed by atoms with Gasteiger partial charge in [0.1, 0.15) is 17.9 Å². The van der Waals surface area contributed by atoms with E-state index in [2.05, 4.69) is 45.9 Å². The zero-order valence-electron chi connectivity index (χ0n) is 15.4. The van der Waals surface area contributed by atoms with E-state index in [0.29, 0.717) is 11.8 Å². The first-order chi connectivity index (χ1) is 11.0. The predicted octanol–water partition coefficient (Wildman–Crippen LogP) is 5.12. The summed E-state index contributed by atoms with van der Waals surface area (Å²) in [6.45, 7) is 8.77. The Balaban J connectivity index is 2.68. The van der Waals surface area contributed by atoms with Gasteiger partial charge in [-0.2, -0.15) is 0 Å². The molecular formula is C20H32O3. The molecule has 0 aliphatic heterocycles. The fraction of sp³-hybridized carbons (Fsp3) is 0.650. The number of ether oxygens (including phenoxy) is 1. The van der Waals surface area contributed by atoms with Crippen molar-refractivity contribution in [1.29, 1.82) is 0 Å². The average molecular weight is 320 g/mol. The van der Waals surface area contributed by atoms with Gasteiger partial charge in [0, 0.05) is 6.42 Å². The number of allylic oxidation sites excluding steroid dienone is 2. The van der Waals surface area contributed by atoms with Crippen LogP contribution in [-0.2, 0) is 28.8 Å². The SMILES string of the molecule is CC/C=C/C(CC)CC(C)Cc1cc(CC)c(CC(=O)OC)o1. The van der Waals surface area contributed by atoms with Crippen LogP contribution in [0.15, 0.2) is 22.6 Å². The minimum atomic E-state index is -0.246. The van der Waals surface area contributed by atoms with Gasteiger partial charge in [-0.3, -0.25) is 4.79 Å².